The van der Waals surface area contributed by atoms with Crippen LogP contribution in [0.1, 0.15) is 44.4 Å². The number of hydrogen-bond donors (Lipinski definition) is 1. The first-order valence-corrected chi connectivity index (χ1v) is 10.4. The fourth-order valence-corrected chi connectivity index (χ4v) is 3.17. The standard InChI is InChI=1S/C25H34N2O4/c1-17-8-13-22(18(2)14-17)31-16-23(28)27(19(3)24(29)26-25(4,5)6)15-20-9-11-21(30-7)12-10-20/h8-14,19H,15-16H2,1-7H3,(H,26,29)/t19-/m1/s1. The lowest BCUT2D eigenvalue weighted by Crippen LogP contribution is -2.53. The van der Waals surface area contributed by atoms with Gasteiger partial charge in [0.1, 0.15) is 17.5 Å². The number of aryl methyl sites for hydroxylation is 2. The number of amides is 2. The van der Waals surface area contributed by atoms with Crippen LogP contribution in [0.3, 0.4) is 0 Å². The molecule has 0 saturated heterocycles. The van der Waals surface area contributed by atoms with E-state index in [1.807, 2.05) is 77.1 Å². The minimum Gasteiger partial charge on any atom is -0.497 e. The van der Waals surface area contributed by atoms with Gasteiger partial charge in [-0.15, -0.1) is 0 Å². The van der Waals surface area contributed by atoms with Crippen LogP contribution in [0.25, 0.3) is 0 Å². The molecule has 0 aliphatic rings. The second kappa shape index (κ2) is 10.3. The van der Waals surface area contributed by atoms with E-state index in [0.717, 1.165) is 22.4 Å². The summed E-state index contributed by atoms with van der Waals surface area (Å²) in [5, 5.41) is 2.95. The van der Waals surface area contributed by atoms with Crippen LogP contribution in [0, 0.1) is 13.8 Å². The lowest BCUT2D eigenvalue weighted by Gasteiger charge is -2.31. The Labute approximate surface area is 185 Å². The van der Waals surface area contributed by atoms with Crippen molar-refractivity contribution in [3.8, 4) is 11.5 Å². The Morgan fingerprint density at radius 3 is 2.26 bits per heavy atom. The molecular formula is C25H34N2O4. The molecule has 0 aliphatic heterocycles. The first-order valence-electron chi connectivity index (χ1n) is 10.4. The molecule has 1 atom stereocenters. The van der Waals surface area contributed by atoms with E-state index in [2.05, 4.69) is 5.32 Å². The van der Waals surface area contributed by atoms with Crippen LogP contribution in [-0.2, 0) is 16.1 Å². The summed E-state index contributed by atoms with van der Waals surface area (Å²) in [6.45, 7) is 11.6. The van der Waals surface area contributed by atoms with Crippen molar-refractivity contribution in [3.63, 3.8) is 0 Å². The van der Waals surface area contributed by atoms with Crippen molar-refractivity contribution in [1.29, 1.82) is 0 Å². The summed E-state index contributed by atoms with van der Waals surface area (Å²) in [6.07, 6.45) is 0. The van der Waals surface area contributed by atoms with Crippen molar-refractivity contribution >= 4 is 11.8 Å². The molecule has 0 heterocycles. The van der Waals surface area contributed by atoms with Crippen molar-refractivity contribution in [2.75, 3.05) is 13.7 Å². The van der Waals surface area contributed by atoms with Gasteiger partial charge in [-0.2, -0.15) is 0 Å². The number of nitrogens with zero attached hydrogens (tertiary/aromatic N) is 1. The molecule has 0 spiro atoms. The van der Waals surface area contributed by atoms with E-state index in [4.69, 9.17) is 9.47 Å². The van der Waals surface area contributed by atoms with Crippen molar-refractivity contribution in [1.82, 2.24) is 10.2 Å². The molecule has 0 aliphatic carbocycles. The van der Waals surface area contributed by atoms with E-state index < -0.39 is 11.6 Å². The quantitative estimate of drug-likeness (QED) is 0.692. The molecule has 2 rings (SSSR count). The average Bonchev–Trinajstić information content (AvgIpc) is 2.69. The molecule has 2 amide bonds. The molecule has 0 aromatic heterocycles. The molecule has 0 saturated carbocycles. The third-order valence-electron chi connectivity index (χ3n) is 4.86. The zero-order chi connectivity index (χ0) is 23.2. The molecule has 0 bridgehead atoms. The second-order valence-electron chi connectivity index (χ2n) is 8.84. The van der Waals surface area contributed by atoms with Gasteiger partial charge in [0.15, 0.2) is 6.61 Å². The Morgan fingerprint density at radius 1 is 1.06 bits per heavy atom. The fraction of sp³-hybridized carbons (Fsp3) is 0.440. The van der Waals surface area contributed by atoms with Crippen LogP contribution < -0.4 is 14.8 Å². The highest BCUT2D eigenvalue weighted by atomic mass is 16.5. The van der Waals surface area contributed by atoms with Gasteiger partial charge in [0.05, 0.1) is 7.11 Å². The third kappa shape index (κ3) is 7.31. The minimum atomic E-state index is -0.656. The zero-order valence-electron chi connectivity index (χ0n) is 19.6. The highest BCUT2D eigenvalue weighted by molar-refractivity contribution is 5.88. The smallest absolute Gasteiger partial charge is 0.261 e. The molecule has 0 unspecified atom stereocenters. The minimum absolute atomic E-state index is 0.146. The number of carbonyl (C=O) groups is 2. The van der Waals surface area contributed by atoms with Crippen molar-refractivity contribution in [3.05, 3.63) is 59.2 Å². The van der Waals surface area contributed by atoms with Crippen LogP contribution in [0.5, 0.6) is 11.5 Å². The summed E-state index contributed by atoms with van der Waals surface area (Å²) >= 11 is 0. The normalized spacial score (nSPS) is 12.1. The van der Waals surface area contributed by atoms with E-state index in [0.29, 0.717) is 5.75 Å². The molecular weight excluding hydrogens is 392 g/mol. The van der Waals surface area contributed by atoms with Crippen molar-refractivity contribution in [2.45, 2.75) is 59.7 Å². The Balaban J connectivity index is 2.19. The van der Waals surface area contributed by atoms with Gasteiger partial charge in [-0.05, 0) is 70.9 Å². The number of rotatable bonds is 8. The Bertz CT molecular complexity index is 901. The van der Waals surface area contributed by atoms with E-state index in [9.17, 15) is 9.59 Å². The number of carbonyl (C=O) groups excluding carboxylic acids is 2. The number of ether oxygens (including phenoxy) is 2. The number of benzene rings is 2. The topological polar surface area (TPSA) is 67.9 Å². The lowest BCUT2D eigenvalue weighted by molar-refractivity contribution is -0.142. The van der Waals surface area contributed by atoms with Crippen LogP contribution >= 0.6 is 0 Å². The average molecular weight is 427 g/mol. The number of nitrogens with one attached hydrogen (secondary N) is 1. The molecule has 6 nitrogen and oxygen atoms in total. The maximum absolute atomic E-state index is 13.1. The van der Waals surface area contributed by atoms with E-state index in [-0.39, 0.29) is 25.0 Å². The summed E-state index contributed by atoms with van der Waals surface area (Å²) < 4.78 is 11.0. The highest BCUT2D eigenvalue weighted by Crippen LogP contribution is 2.20. The predicted octanol–water partition coefficient (Wildman–Crippen LogP) is 4.02. The van der Waals surface area contributed by atoms with Gasteiger partial charge in [0.2, 0.25) is 5.91 Å². The summed E-state index contributed by atoms with van der Waals surface area (Å²) in [7, 11) is 1.61. The van der Waals surface area contributed by atoms with Gasteiger partial charge in [-0.25, -0.2) is 0 Å². The van der Waals surface area contributed by atoms with Crippen LogP contribution in [0.2, 0.25) is 0 Å². The van der Waals surface area contributed by atoms with Crippen molar-refractivity contribution < 1.29 is 19.1 Å². The molecule has 0 fully saturated rings. The van der Waals surface area contributed by atoms with Gasteiger partial charge in [-0.3, -0.25) is 9.59 Å². The molecule has 0 radical (unpaired) electrons. The Morgan fingerprint density at radius 2 is 1.71 bits per heavy atom. The largest absolute Gasteiger partial charge is 0.497 e. The van der Waals surface area contributed by atoms with Crippen LogP contribution in [0.4, 0.5) is 0 Å². The van der Waals surface area contributed by atoms with Gasteiger partial charge in [-0.1, -0.05) is 29.8 Å². The van der Waals surface area contributed by atoms with E-state index >= 15 is 0 Å². The molecule has 2 aromatic carbocycles. The first kappa shape index (κ1) is 24.3. The summed E-state index contributed by atoms with van der Waals surface area (Å²) in [5.41, 5.74) is 2.60. The number of methoxy groups -OCH3 is 1. The highest BCUT2D eigenvalue weighted by Gasteiger charge is 2.28. The number of hydrogen-bond acceptors (Lipinski definition) is 4. The zero-order valence-corrected chi connectivity index (χ0v) is 19.6. The van der Waals surface area contributed by atoms with Gasteiger partial charge < -0.3 is 19.7 Å². The fourth-order valence-electron chi connectivity index (χ4n) is 3.17. The maximum atomic E-state index is 13.1. The molecule has 31 heavy (non-hydrogen) atoms. The summed E-state index contributed by atoms with van der Waals surface area (Å²) in [5.74, 6) is 0.932. The SMILES string of the molecule is COc1ccc(CN(C(=O)COc2ccc(C)cc2C)[C@H](C)C(=O)NC(C)(C)C)cc1. The molecule has 168 valence electrons. The lowest BCUT2D eigenvalue weighted by atomic mass is 10.1. The van der Waals surface area contributed by atoms with Gasteiger partial charge >= 0.3 is 0 Å². The summed E-state index contributed by atoms with van der Waals surface area (Å²) in [6, 6.07) is 12.6. The maximum Gasteiger partial charge on any atom is 0.261 e. The third-order valence-corrected chi connectivity index (χ3v) is 4.86. The molecule has 6 heteroatoms. The van der Waals surface area contributed by atoms with Gasteiger partial charge in [0.25, 0.3) is 5.91 Å². The van der Waals surface area contributed by atoms with E-state index in [1.54, 1.807) is 18.9 Å². The predicted molar refractivity (Wildman–Crippen MR) is 122 cm³/mol. The van der Waals surface area contributed by atoms with Gasteiger partial charge in [0, 0.05) is 12.1 Å². The Kier molecular flexibility index (Phi) is 8.08. The van der Waals surface area contributed by atoms with Crippen LogP contribution in [0.15, 0.2) is 42.5 Å². The van der Waals surface area contributed by atoms with E-state index in [1.165, 1.54) is 0 Å². The molecule has 1 N–H and O–H groups in total. The second-order valence-corrected chi connectivity index (χ2v) is 8.84. The summed E-state index contributed by atoms with van der Waals surface area (Å²) in [4.78, 5) is 27.5. The van der Waals surface area contributed by atoms with Crippen LogP contribution in [-0.4, -0.2) is 42.0 Å². The van der Waals surface area contributed by atoms with Crippen molar-refractivity contribution in [2.24, 2.45) is 0 Å². The molecule has 2 aromatic rings. The first-order chi connectivity index (χ1) is 14.5. The monoisotopic (exact) mass is 426 g/mol. The Hall–Kier alpha value is -3.02.